The predicted molar refractivity (Wildman–Crippen MR) is 200 cm³/mol. The second-order valence-corrected chi connectivity index (χ2v) is 13.9. The maximum atomic E-state index is 14.2. The van der Waals surface area contributed by atoms with E-state index in [1.807, 2.05) is 28.7 Å². The van der Waals surface area contributed by atoms with Gasteiger partial charge >= 0.3 is 11.9 Å². The highest BCUT2D eigenvalue weighted by atomic mass is 127. The standard InChI is InChI=1S/C36H43IN4O10S/c1-22-38-18-30(52-22)35(47)41-28(20-49-5)34(46)40-27(19-48-4)33(45)39-26(17-24-11-7-6-8-12-24)32(44)36(3,21-37)51-31(43)16-15-25-13-9-10-14-29(25)50-23(2)42/h6-14,18,26-28H,15-17,19-21H2,1-5H3,(H,39,45)(H,40,46)(H,41,47). The number of hydrogen-bond acceptors (Lipinski definition) is 12. The van der Waals surface area contributed by atoms with Gasteiger partial charge in [0, 0.05) is 32.0 Å². The van der Waals surface area contributed by atoms with Gasteiger partial charge in [0.2, 0.25) is 11.8 Å². The van der Waals surface area contributed by atoms with Gasteiger partial charge in [0.1, 0.15) is 22.7 Å². The van der Waals surface area contributed by atoms with E-state index in [1.165, 1.54) is 34.3 Å². The number of carbonyl (C=O) groups excluding carboxylic acids is 6. The largest absolute Gasteiger partial charge is 0.450 e. The number of aromatic nitrogens is 1. The Balaban J connectivity index is 1.78. The SMILES string of the molecule is COCC(NC(=O)c1cnc(C)s1)C(=O)NC(COC)C(=O)NC(Cc1ccccc1)C(=O)C(C)(CI)OC(=O)CCc1ccccc1OC(C)=O. The molecule has 0 spiro atoms. The Kier molecular flexibility index (Phi) is 16.8. The number of Topliss-reactive ketones (excluding diaryl/α,β-unsaturated/α-hetero) is 1. The van der Waals surface area contributed by atoms with Crippen LogP contribution in [0.3, 0.4) is 0 Å². The maximum Gasteiger partial charge on any atom is 0.308 e. The molecule has 3 N–H and O–H groups in total. The topological polar surface area (TPSA) is 188 Å². The number of para-hydroxylation sites is 1. The normalized spacial score (nSPS) is 13.8. The molecule has 0 saturated heterocycles. The van der Waals surface area contributed by atoms with Crippen LogP contribution in [0.15, 0.2) is 60.8 Å². The lowest BCUT2D eigenvalue weighted by molar-refractivity contribution is -0.164. The van der Waals surface area contributed by atoms with Gasteiger partial charge in [-0.05, 0) is 43.9 Å². The van der Waals surface area contributed by atoms with Gasteiger partial charge in [0.05, 0.1) is 30.5 Å². The third-order valence-electron chi connectivity index (χ3n) is 7.62. The van der Waals surface area contributed by atoms with E-state index in [2.05, 4.69) is 20.9 Å². The smallest absolute Gasteiger partial charge is 0.308 e. The third kappa shape index (κ3) is 12.8. The summed E-state index contributed by atoms with van der Waals surface area (Å²) >= 11 is 3.11. The number of hydrogen-bond donors (Lipinski definition) is 3. The van der Waals surface area contributed by atoms with E-state index < -0.39 is 59.2 Å². The number of thiazole rings is 1. The number of alkyl halides is 1. The summed E-state index contributed by atoms with van der Waals surface area (Å²) in [6, 6.07) is 12.1. The van der Waals surface area contributed by atoms with Crippen LogP contribution < -0.4 is 20.7 Å². The van der Waals surface area contributed by atoms with Crippen molar-refractivity contribution in [3.63, 3.8) is 0 Å². The van der Waals surface area contributed by atoms with Crippen molar-refractivity contribution < 1.29 is 47.7 Å². The van der Waals surface area contributed by atoms with E-state index in [0.29, 0.717) is 21.2 Å². The number of ketones is 1. The highest BCUT2D eigenvalue weighted by Crippen LogP contribution is 2.24. The quantitative estimate of drug-likeness (QED) is 0.0657. The molecule has 0 saturated carbocycles. The van der Waals surface area contributed by atoms with E-state index >= 15 is 0 Å². The highest BCUT2D eigenvalue weighted by molar-refractivity contribution is 14.1. The molecule has 1 aromatic heterocycles. The average Bonchev–Trinajstić information content (AvgIpc) is 3.56. The van der Waals surface area contributed by atoms with E-state index in [0.717, 1.165) is 16.9 Å². The lowest BCUT2D eigenvalue weighted by Gasteiger charge is -2.31. The van der Waals surface area contributed by atoms with Crippen molar-refractivity contribution in [2.75, 3.05) is 31.9 Å². The summed E-state index contributed by atoms with van der Waals surface area (Å²) in [5.41, 5.74) is -0.315. The molecular formula is C36H43IN4O10S. The first-order valence-corrected chi connectivity index (χ1v) is 18.6. The number of benzene rings is 2. The van der Waals surface area contributed by atoms with Crippen LogP contribution in [0.25, 0.3) is 0 Å². The molecule has 0 aliphatic heterocycles. The van der Waals surface area contributed by atoms with E-state index in [4.69, 9.17) is 18.9 Å². The molecule has 280 valence electrons. The molecule has 14 nitrogen and oxygen atoms in total. The van der Waals surface area contributed by atoms with Crippen molar-refractivity contribution in [3.8, 4) is 5.75 Å². The molecule has 0 bridgehead atoms. The number of methoxy groups -OCH3 is 2. The second kappa shape index (κ2) is 20.7. The summed E-state index contributed by atoms with van der Waals surface area (Å²) in [5, 5.41) is 8.61. The molecule has 0 aliphatic rings. The van der Waals surface area contributed by atoms with Crippen molar-refractivity contribution in [2.45, 2.75) is 63.8 Å². The second-order valence-electron chi connectivity index (χ2n) is 11.9. The van der Waals surface area contributed by atoms with E-state index in [-0.39, 0.29) is 36.9 Å². The first-order valence-electron chi connectivity index (χ1n) is 16.2. The van der Waals surface area contributed by atoms with Crippen LogP contribution in [0.5, 0.6) is 5.75 Å². The Hall–Kier alpha value is -4.26. The fourth-order valence-corrected chi connectivity index (χ4v) is 6.23. The van der Waals surface area contributed by atoms with Crippen LogP contribution in [0.1, 0.15) is 46.1 Å². The zero-order valence-electron chi connectivity index (χ0n) is 29.6. The lowest BCUT2D eigenvalue weighted by atomic mass is 9.91. The predicted octanol–water partition coefficient (Wildman–Crippen LogP) is 2.92. The fraction of sp³-hybridized carbons (Fsp3) is 0.417. The van der Waals surface area contributed by atoms with Crippen LogP contribution >= 0.6 is 33.9 Å². The van der Waals surface area contributed by atoms with Crippen LogP contribution in [0.2, 0.25) is 0 Å². The fourth-order valence-electron chi connectivity index (χ4n) is 5.01. The number of amides is 3. The third-order valence-corrected chi connectivity index (χ3v) is 9.99. The first kappa shape index (κ1) is 42.2. The van der Waals surface area contributed by atoms with Crippen LogP contribution in [0.4, 0.5) is 0 Å². The van der Waals surface area contributed by atoms with Gasteiger partial charge in [-0.25, -0.2) is 4.98 Å². The molecule has 0 fully saturated rings. The van der Waals surface area contributed by atoms with Crippen LogP contribution in [-0.4, -0.2) is 96.0 Å². The molecule has 52 heavy (non-hydrogen) atoms. The Morgan fingerprint density at radius 1 is 0.865 bits per heavy atom. The summed E-state index contributed by atoms with van der Waals surface area (Å²) < 4.78 is 21.5. The molecule has 2 aromatic carbocycles. The lowest BCUT2D eigenvalue weighted by Crippen LogP contribution is -2.60. The number of ether oxygens (including phenoxy) is 4. The Morgan fingerprint density at radius 3 is 2.04 bits per heavy atom. The van der Waals surface area contributed by atoms with Crippen molar-refractivity contribution >= 4 is 69.4 Å². The molecule has 0 radical (unpaired) electrons. The van der Waals surface area contributed by atoms with Crippen LogP contribution in [-0.2, 0) is 51.0 Å². The minimum atomic E-state index is -1.65. The van der Waals surface area contributed by atoms with Gasteiger partial charge in [-0.15, -0.1) is 11.3 Å². The first-order chi connectivity index (χ1) is 24.8. The zero-order valence-corrected chi connectivity index (χ0v) is 32.5. The summed E-state index contributed by atoms with van der Waals surface area (Å²) in [4.78, 5) is 83.2. The number of nitrogens with one attached hydrogen (secondary N) is 3. The molecule has 16 heteroatoms. The maximum absolute atomic E-state index is 14.2. The zero-order chi connectivity index (χ0) is 38.3. The van der Waals surface area contributed by atoms with Crippen molar-refractivity contribution in [1.29, 1.82) is 0 Å². The summed E-state index contributed by atoms with van der Waals surface area (Å²) in [6.45, 7) is 4.04. The molecule has 4 atom stereocenters. The Morgan fingerprint density at radius 2 is 1.46 bits per heavy atom. The number of carbonyl (C=O) groups is 6. The summed E-state index contributed by atoms with van der Waals surface area (Å²) in [5.74, 6) is -3.41. The summed E-state index contributed by atoms with van der Waals surface area (Å²) in [6.07, 6.45) is 1.52. The molecule has 0 aliphatic carbocycles. The van der Waals surface area contributed by atoms with E-state index in [9.17, 15) is 28.8 Å². The van der Waals surface area contributed by atoms with Gasteiger partial charge in [-0.2, -0.15) is 0 Å². The molecule has 3 amide bonds. The van der Waals surface area contributed by atoms with Gasteiger partial charge in [0.25, 0.3) is 5.91 Å². The number of nitrogens with zero attached hydrogens (tertiary/aromatic N) is 1. The number of esters is 2. The molecule has 3 aromatic rings. The highest BCUT2D eigenvalue weighted by Gasteiger charge is 2.42. The molecular weight excluding hydrogens is 807 g/mol. The van der Waals surface area contributed by atoms with Gasteiger partial charge in [-0.1, -0.05) is 71.1 Å². The Labute approximate surface area is 319 Å². The number of rotatable bonds is 20. The minimum absolute atomic E-state index is 0.0508. The summed E-state index contributed by atoms with van der Waals surface area (Å²) in [7, 11) is 2.71. The Bertz CT molecular complexity index is 1700. The minimum Gasteiger partial charge on any atom is -0.450 e. The average molecular weight is 851 g/mol. The monoisotopic (exact) mass is 850 g/mol. The van der Waals surface area contributed by atoms with Crippen LogP contribution in [0, 0.1) is 6.92 Å². The van der Waals surface area contributed by atoms with Gasteiger partial charge < -0.3 is 34.9 Å². The van der Waals surface area contributed by atoms with E-state index in [1.54, 1.807) is 55.5 Å². The molecule has 3 rings (SSSR count). The van der Waals surface area contributed by atoms with Crippen molar-refractivity contribution in [2.24, 2.45) is 0 Å². The van der Waals surface area contributed by atoms with Crippen molar-refractivity contribution in [3.05, 3.63) is 81.8 Å². The number of aryl methyl sites for hydroxylation is 2. The van der Waals surface area contributed by atoms with Gasteiger partial charge in [0.15, 0.2) is 11.4 Å². The number of halogens is 1. The molecule has 4 unspecified atom stereocenters. The van der Waals surface area contributed by atoms with Crippen molar-refractivity contribution in [1.82, 2.24) is 20.9 Å². The molecule has 1 heterocycles. The van der Waals surface area contributed by atoms with Gasteiger partial charge in [-0.3, -0.25) is 28.8 Å².